The number of para-hydroxylation sites is 2. The fraction of sp³-hybridized carbons (Fsp3) is 0.346. The molecule has 1 saturated heterocycles. The Morgan fingerprint density at radius 3 is 2.44 bits per heavy atom. The normalized spacial score (nSPS) is 14.6. The quantitative estimate of drug-likeness (QED) is 0.440. The number of fused-ring (bicyclic) bond motifs is 1. The summed E-state index contributed by atoms with van der Waals surface area (Å²) in [6.07, 6.45) is 4.80. The van der Waals surface area contributed by atoms with Crippen LogP contribution in [0.25, 0.3) is 16.6 Å². The van der Waals surface area contributed by atoms with Crippen molar-refractivity contribution in [2.45, 2.75) is 39.0 Å². The molecular weight excluding hydrogens is 428 g/mol. The number of aryl methyl sites for hydroxylation is 1. The lowest BCUT2D eigenvalue weighted by Gasteiger charge is -2.32. The highest BCUT2D eigenvalue weighted by Crippen LogP contribution is 2.23. The Kier molecular flexibility index (Phi) is 6.20. The molecule has 0 atom stereocenters. The molecule has 1 amide bonds. The van der Waals surface area contributed by atoms with Crippen LogP contribution >= 0.6 is 0 Å². The molecule has 0 aliphatic carbocycles. The van der Waals surface area contributed by atoms with E-state index in [0.29, 0.717) is 19.0 Å². The van der Waals surface area contributed by atoms with Crippen LogP contribution in [0.1, 0.15) is 42.0 Å². The zero-order valence-electron chi connectivity index (χ0n) is 19.3. The van der Waals surface area contributed by atoms with Crippen molar-refractivity contribution in [3.8, 4) is 5.69 Å². The Hall–Kier alpha value is -3.81. The Balaban J connectivity index is 1.13. The van der Waals surface area contributed by atoms with Gasteiger partial charge in [-0.05, 0) is 43.9 Å². The van der Waals surface area contributed by atoms with E-state index in [4.69, 9.17) is 0 Å². The van der Waals surface area contributed by atoms with E-state index < -0.39 is 0 Å². The van der Waals surface area contributed by atoms with Gasteiger partial charge in [0.05, 0.1) is 11.2 Å². The van der Waals surface area contributed by atoms with Crippen molar-refractivity contribution in [3.05, 3.63) is 72.4 Å². The van der Waals surface area contributed by atoms with E-state index in [1.165, 1.54) is 4.68 Å². The number of aromatic nitrogens is 5. The van der Waals surface area contributed by atoms with Gasteiger partial charge in [0, 0.05) is 43.4 Å². The second-order valence-corrected chi connectivity index (χ2v) is 8.89. The molecule has 8 nitrogen and oxygen atoms in total. The predicted octanol–water partition coefficient (Wildman–Crippen LogP) is 3.83. The van der Waals surface area contributed by atoms with E-state index in [1.54, 1.807) is 6.33 Å². The number of nitrogens with zero attached hydrogens (tertiary/aromatic N) is 6. The summed E-state index contributed by atoms with van der Waals surface area (Å²) >= 11 is 0. The van der Waals surface area contributed by atoms with Gasteiger partial charge in [0.2, 0.25) is 11.8 Å². The third kappa shape index (κ3) is 4.48. The van der Waals surface area contributed by atoms with Crippen molar-refractivity contribution in [1.82, 2.24) is 29.4 Å². The highest BCUT2D eigenvalue weighted by Gasteiger charge is 2.25. The standard InChI is InChI=1S/C26H28N6O2/c1-19-22-9-5-6-10-23(22)32(29-19)26(34)12-11-25(33)30-15-13-20(14-16-30)17-24-28-27-18-31(24)21-7-3-2-4-8-21/h2-10,18,20H,11-17H2,1H3. The molecule has 8 heteroatoms. The van der Waals surface area contributed by atoms with Crippen molar-refractivity contribution >= 4 is 22.7 Å². The third-order valence-electron chi connectivity index (χ3n) is 6.65. The summed E-state index contributed by atoms with van der Waals surface area (Å²) in [6.45, 7) is 3.31. The summed E-state index contributed by atoms with van der Waals surface area (Å²) in [5.74, 6) is 1.29. The van der Waals surface area contributed by atoms with Crippen molar-refractivity contribution in [2.24, 2.45) is 5.92 Å². The molecule has 0 spiro atoms. The molecule has 0 bridgehead atoms. The smallest absolute Gasteiger partial charge is 0.247 e. The monoisotopic (exact) mass is 456 g/mol. The Morgan fingerprint density at radius 1 is 0.941 bits per heavy atom. The highest BCUT2D eigenvalue weighted by atomic mass is 16.2. The second kappa shape index (κ2) is 9.59. The average Bonchev–Trinajstić information content (AvgIpc) is 3.48. The second-order valence-electron chi connectivity index (χ2n) is 8.89. The first-order valence-corrected chi connectivity index (χ1v) is 11.8. The summed E-state index contributed by atoms with van der Waals surface area (Å²) in [5.41, 5.74) is 2.67. The summed E-state index contributed by atoms with van der Waals surface area (Å²) in [6, 6.07) is 17.8. The van der Waals surface area contributed by atoms with Gasteiger partial charge in [-0.15, -0.1) is 10.2 Å². The number of likely N-dealkylation sites (tertiary alicyclic amines) is 1. The molecule has 1 aliphatic heterocycles. The van der Waals surface area contributed by atoms with Gasteiger partial charge in [0.25, 0.3) is 0 Å². The largest absolute Gasteiger partial charge is 0.343 e. The lowest BCUT2D eigenvalue weighted by atomic mass is 9.93. The van der Waals surface area contributed by atoms with Crippen LogP contribution in [-0.2, 0) is 11.2 Å². The van der Waals surface area contributed by atoms with E-state index >= 15 is 0 Å². The highest BCUT2D eigenvalue weighted by molar-refractivity contribution is 5.93. The van der Waals surface area contributed by atoms with Crippen LogP contribution in [0.5, 0.6) is 0 Å². The first-order chi connectivity index (χ1) is 16.6. The van der Waals surface area contributed by atoms with E-state index in [-0.39, 0.29) is 24.7 Å². The molecule has 1 aliphatic rings. The average molecular weight is 457 g/mol. The number of rotatable bonds is 6. The predicted molar refractivity (Wildman–Crippen MR) is 129 cm³/mol. The van der Waals surface area contributed by atoms with Gasteiger partial charge >= 0.3 is 0 Å². The number of hydrogen-bond acceptors (Lipinski definition) is 5. The van der Waals surface area contributed by atoms with Crippen LogP contribution in [-0.4, -0.2) is 54.3 Å². The van der Waals surface area contributed by atoms with Crippen LogP contribution in [0.15, 0.2) is 60.9 Å². The number of carbonyl (C=O) groups is 2. The molecule has 0 unspecified atom stereocenters. The van der Waals surface area contributed by atoms with Crippen molar-refractivity contribution < 1.29 is 9.59 Å². The van der Waals surface area contributed by atoms with Gasteiger partial charge in [0.15, 0.2) is 0 Å². The fourth-order valence-corrected chi connectivity index (χ4v) is 4.74. The molecule has 5 rings (SSSR count). The zero-order valence-corrected chi connectivity index (χ0v) is 19.3. The van der Waals surface area contributed by atoms with Crippen molar-refractivity contribution in [3.63, 3.8) is 0 Å². The van der Waals surface area contributed by atoms with Gasteiger partial charge in [-0.3, -0.25) is 14.2 Å². The SMILES string of the molecule is Cc1nn(C(=O)CCC(=O)N2CCC(Cc3nncn3-c3ccccc3)CC2)c2ccccc12. The van der Waals surface area contributed by atoms with Crippen molar-refractivity contribution in [1.29, 1.82) is 0 Å². The topological polar surface area (TPSA) is 85.9 Å². The first-order valence-electron chi connectivity index (χ1n) is 11.8. The molecule has 3 heterocycles. The molecule has 0 saturated carbocycles. The van der Waals surface area contributed by atoms with Crippen LogP contribution in [0, 0.1) is 12.8 Å². The molecule has 4 aromatic rings. The molecule has 1 fully saturated rings. The first kappa shape index (κ1) is 22.0. The molecule has 2 aromatic carbocycles. The third-order valence-corrected chi connectivity index (χ3v) is 6.65. The number of benzene rings is 2. The zero-order chi connectivity index (χ0) is 23.5. The van der Waals surface area contributed by atoms with E-state index in [1.807, 2.05) is 71.0 Å². The molecule has 0 radical (unpaired) electrons. The van der Waals surface area contributed by atoms with Crippen LogP contribution in [0.2, 0.25) is 0 Å². The Labute approximate surface area is 198 Å². The van der Waals surface area contributed by atoms with E-state index in [9.17, 15) is 9.59 Å². The maximum atomic E-state index is 12.8. The summed E-state index contributed by atoms with van der Waals surface area (Å²) in [4.78, 5) is 27.4. The number of piperidine rings is 1. The minimum Gasteiger partial charge on any atom is -0.343 e. The summed E-state index contributed by atoms with van der Waals surface area (Å²) in [5, 5.41) is 13.8. The number of hydrogen-bond donors (Lipinski definition) is 0. The molecule has 34 heavy (non-hydrogen) atoms. The molecular formula is C26H28N6O2. The number of amides is 1. The molecule has 0 N–H and O–H groups in total. The minimum atomic E-state index is -0.146. The minimum absolute atomic E-state index is 0.0347. The Morgan fingerprint density at radius 2 is 1.65 bits per heavy atom. The maximum absolute atomic E-state index is 12.8. The summed E-state index contributed by atoms with van der Waals surface area (Å²) < 4.78 is 3.47. The van der Waals surface area contributed by atoms with Crippen LogP contribution in [0.4, 0.5) is 0 Å². The van der Waals surface area contributed by atoms with Crippen LogP contribution in [0.3, 0.4) is 0 Å². The van der Waals surface area contributed by atoms with Crippen molar-refractivity contribution in [2.75, 3.05) is 13.1 Å². The van der Waals surface area contributed by atoms with Gasteiger partial charge in [-0.25, -0.2) is 0 Å². The fourth-order valence-electron chi connectivity index (χ4n) is 4.74. The number of carbonyl (C=O) groups excluding carboxylic acids is 2. The van der Waals surface area contributed by atoms with E-state index in [0.717, 1.165) is 47.4 Å². The Bertz CT molecular complexity index is 1300. The molecule has 174 valence electrons. The van der Waals surface area contributed by atoms with Gasteiger partial charge in [-0.2, -0.15) is 9.78 Å². The lowest BCUT2D eigenvalue weighted by molar-refractivity contribution is -0.132. The summed E-state index contributed by atoms with van der Waals surface area (Å²) in [7, 11) is 0. The van der Waals surface area contributed by atoms with Gasteiger partial charge in [-0.1, -0.05) is 36.4 Å². The molecule has 2 aromatic heterocycles. The van der Waals surface area contributed by atoms with E-state index in [2.05, 4.69) is 15.3 Å². The maximum Gasteiger partial charge on any atom is 0.247 e. The lowest BCUT2D eigenvalue weighted by Crippen LogP contribution is -2.39. The van der Waals surface area contributed by atoms with Gasteiger partial charge < -0.3 is 4.90 Å². The van der Waals surface area contributed by atoms with Gasteiger partial charge in [0.1, 0.15) is 12.2 Å². The van der Waals surface area contributed by atoms with Crippen LogP contribution < -0.4 is 0 Å².